The van der Waals surface area contributed by atoms with Crippen molar-refractivity contribution >= 4 is 40.5 Å². The van der Waals surface area contributed by atoms with Gasteiger partial charge in [-0.05, 0) is 31.3 Å². The van der Waals surface area contributed by atoms with Crippen molar-refractivity contribution in [3.05, 3.63) is 28.2 Å². The molecule has 1 atom stereocenters. The van der Waals surface area contributed by atoms with Crippen molar-refractivity contribution in [2.45, 2.75) is 13.1 Å². The number of likely N-dealkylation sites (N-methyl/N-ethyl adjacent to an activating group) is 1. The summed E-state index contributed by atoms with van der Waals surface area (Å²) < 4.78 is 5.61. The van der Waals surface area contributed by atoms with Gasteiger partial charge in [0, 0.05) is 17.6 Å². The summed E-state index contributed by atoms with van der Waals surface area (Å²) in [6.45, 7) is 3.06. The molecule has 0 fully saturated rings. The molecule has 96 valence electrons. The van der Waals surface area contributed by atoms with Crippen molar-refractivity contribution in [3.8, 4) is 5.75 Å². The Morgan fingerprint density at radius 1 is 1.44 bits per heavy atom. The van der Waals surface area contributed by atoms with Crippen LogP contribution in [0.25, 0.3) is 0 Å². The third kappa shape index (κ3) is 2.91. The molecule has 1 unspecified atom stereocenters. The zero-order valence-corrected chi connectivity index (χ0v) is 12.0. The van der Waals surface area contributed by atoms with Gasteiger partial charge in [0.2, 0.25) is 5.11 Å². The van der Waals surface area contributed by atoms with Crippen LogP contribution in [0.3, 0.4) is 0 Å². The zero-order chi connectivity index (χ0) is 13.1. The highest BCUT2D eigenvalue weighted by atomic mass is 35.5. The first kappa shape index (κ1) is 13.5. The highest BCUT2D eigenvalue weighted by Crippen LogP contribution is 2.28. The predicted molar refractivity (Wildman–Crippen MR) is 75.6 cm³/mol. The minimum Gasteiger partial charge on any atom is -0.488 e. The van der Waals surface area contributed by atoms with Gasteiger partial charge < -0.3 is 9.64 Å². The second kappa shape index (κ2) is 5.82. The van der Waals surface area contributed by atoms with Gasteiger partial charge in [0.15, 0.2) is 6.17 Å². The van der Waals surface area contributed by atoms with Crippen LogP contribution in [0.1, 0.15) is 6.92 Å². The quantitative estimate of drug-likeness (QED) is 0.795. The van der Waals surface area contributed by atoms with E-state index in [1.54, 1.807) is 18.2 Å². The Labute approximate surface area is 121 Å². The lowest BCUT2D eigenvalue weighted by molar-refractivity contribution is 0.215. The molecule has 0 saturated carbocycles. The van der Waals surface area contributed by atoms with E-state index in [1.807, 2.05) is 11.8 Å². The van der Waals surface area contributed by atoms with Crippen LogP contribution in [0.15, 0.2) is 28.4 Å². The van der Waals surface area contributed by atoms with E-state index < -0.39 is 0 Å². The van der Waals surface area contributed by atoms with E-state index >= 15 is 0 Å². The van der Waals surface area contributed by atoms with Crippen LogP contribution in [-0.4, -0.2) is 29.3 Å². The molecular weight excluding hydrogens is 293 g/mol. The van der Waals surface area contributed by atoms with E-state index in [1.165, 1.54) is 0 Å². The molecule has 0 aromatic heterocycles. The fourth-order valence-corrected chi connectivity index (χ4v) is 2.22. The third-order valence-corrected chi connectivity index (χ3v) is 3.37. The molecule has 0 aliphatic carbocycles. The van der Waals surface area contributed by atoms with E-state index in [4.69, 9.17) is 40.2 Å². The maximum Gasteiger partial charge on any atom is 0.217 e. The Balaban J connectivity index is 2.01. The minimum absolute atomic E-state index is 0.197. The maximum absolute atomic E-state index is 6.00. The smallest absolute Gasteiger partial charge is 0.217 e. The van der Waals surface area contributed by atoms with Crippen LogP contribution in [0.2, 0.25) is 10.0 Å². The van der Waals surface area contributed by atoms with E-state index in [0.29, 0.717) is 27.5 Å². The fourth-order valence-electron chi connectivity index (χ4n) is 1.58. The summed E-state index contributed by atoms with van der Waals surface area (Å²) in [6, 6.07) is 5.07. The molecule has 7 heteroatoms. The standard InChI is InChI=1S/C11H11Cl2N3OS/c1-2-16-10(14-15-11(16)18)6-17-9-5-7(12)3-4-8(9)13/h3-5,10H,2,6H2,1H3. The number of thiocarbonyl (C=S) groups is 1. The molecule has 1 aliphatic rings. The van der Waals surface area contributed by atoms with Crippen molar-refractivity contribution in [3.63, 3.8) is 0 Å². The van der Waals surface area contributed by atoms with Gasteiger partial charge in [0.05, 0.1) is 5.02 Å². The SMILES string of the molecule is CCN1C(=S)N=NC1COc1cc(Cl)ccc1Cl. The number of ether oxygens (including phenoxy) is 1. The molecule has 0 bridgehead atoms. The van der Waals surface area contributed by atoms with Gasteiger partial charge in [-0.25, -0.2) is 0 Å². The summed E-state index contributed by atoms with van der Waals surface area (Å²) in [4.78, 5) is 1.88. The molecule has 18 heavy (non-hydrogen) atoms. The Hall–Kier alpha value is -0.910. The maximum atomic E-state index is 6.00. The van der Waals surface area contributed by atoms with Crippen molar-refractivity contribution < 1.29 is 4.74 Å². The summed E-state index contributed by atoms with van der Waals surface area (Å²) in [5.74, 6) is 0.535. The van der Waals surface area contributed by atoms with Crippen molar-refractivity contribution in [1.29, 1.82) is 0 Å². The average molecular weight is 304 g/mol. The molecule has 4 nitrogen and oxygen atoms in total. The second-order valence-electron chi connectivity index (χ2n) is 3.65. The Morgan fingerprint density at radius 2 is 2.22 bits per heavy atom. The Bertz CT molecular complexity index is 495. The van der Waals surface area contributed by atoms with Gasteiger partial charge >= 0.3 is 0 Å². The van der Waals surface area contributed by atoms with Gasteiger partial charge in [-0.15, -0.1) is 5.11 Å². The number of nitrogens with zero attached hydrogens (tertiary/aromatic N) is 3. The van der Waals surface area contributed by atoms with E-state index in [-0.39, 0.29) is 6.17 Å². The highest BCUT2D eigenvalue weighted by molar-refractivity contribution is 7.80. The van der Waals surface area contributed by atoms with Crippen molar-refractivity contribution in [2.75, 3.05) is 13.2 Å². The normalized spacial score (nSPS) is 18.5. The van der Waals surface area contributed by atoms with Crippen LogP contribution in [0.4, 0.5) is 0 Å². The molecule has 1 heterocycles. The lowest BCUT2D eigenvalue weighted by Crippen LogP contribution is -2.36. The third-order valence-electron chi connectivity index (χ3n) is 2.50. The van der Waals surface area contributed by atoms with Gasteiger partial charge in [0.1, 0.15) is 12.4 Å². The van der Waals surface area contributed by atoms with Gasteiger partial charge in [0.25, 0.3) is 0 Å². The summed E-state index contributed by atoms with van der Waals surface area (Å²) in [5, 5.41) is 9.49. The molecule has 1 aromatic rings. The van der Waals surface area contributed by atoms with E-state index in [2.05, 4.69) is 10.2 Å². The molecule has 1 aliphatic heterocycles. The molecule has 2 rings (SSSR count). The first-order valence-electron chi connectivity index (χ1n) is 5.41. The van der Waals surface area contributed by atoms with Crippen LogP contribution < -0.4 is 4.74 Å². The lowest BCUT2D eigenvalue weighted by Gasteiger charge is -2.21. The number of hydrogen-bond acceptors (Lipinski definition) is 3. The molecule has 1 aromatic carbocycles. The summed E-state index contributed by atoms with van der Waals surface area (Å²) >= 11 is 16.9. The van der Waals surface area contributed by atoms with Crippen LogP contribution in [0, 0.1) is 0 Å². The number of halogens is 2. The number of azo groups is 1. The number of hydrogen-bond donors (Lipinski definition) is 0. The molecule has 0 saturated heterocycles. The average Bonchev–Trinajstić information content (AvgIpc) is 2.71. The van der Waals surface area contributed by atoms with Crippen molar-refractivity contribution in [2.24, 2.45) is 10.2 Å². The van der Waals surface area contributed by atoms with Gasteiger partial charge in [-0.2, -0.15) is 5.11 Å². The van der Waals surface area contributed by atoms with Crippen LogP contribution in [0.5, 0.6) is 5.75 Å². The molecule has 0 radical (unpaired) electrons. The summed E-state index contributed by atoms with van der Waals surface area (Å²) in [5.41, 5.74) is 0. The molecular formula is C11H11Cl2N3OS. The minimum atomic E-state index is -0.197. The summed E-state index contributed by atoms with van der Waals surface area (Å²) in [7, 11) is 0. The van der Waals surface area contributed by atoms with Crippen LogP contribution >= 0.6 is 35.4 Å². The van der Waals surface area contributed by atoms with E-state index in [0.717, 1.165) is 6.54 Å². The molecule has 0 amide bonds. The second-order valence-corrected chi connectivity index (χ2v) is 4.86. The topological polar surface area (TPSA) is 37.2 Å². The first-order valence-corrected chi connectivity index (χ1v) is 6.57. The Morgan fingerprint density at radius 3 is 2.94 bits per heavy atom. The van der Waals surface area contributed by atoms with Gasteiger partial charge in [-0.1, -0.05) is 23.2 Å². The summed E-state index contributed by atoms with van der Waals surface area (Å²) in [6.07, 6.45) is -0.197. The monoisotopic (exact) mass is 303 g/mol. The lowest BCUT2D eigenvalue weighted by atomic mass is 10.3. The van der Waals surface area contributed by atoms with Crippen molar-refractivity contribution in [1.82, 2.24) is 4.90 Å². The largest absolute Gasteiger partial charge is 0.488 e. The van der Waals surface area contributed by atoms with E-state index in [9.17, 15) is 0 Å². The van der Waals surface area contributed by atoms with Crippen LogP contribution in [-0.2, 0) is 0 Å². The molecule has 0 N–H and O–H groups in total. The number of rotatable bonds is 4. The predicted octanol–water partition coefficient (Wildman–Crippen LogP) is 3.77. The highest BCUT2D eigenvalue weighted by Gasteiger charge is 2.25. The van der Waals surface area contributed by atoms with Gasteiger partial charge in [-0.3, -0.25) is 0 Å². The number of benzene rings is 1. The molecule has 0 spiro atoms. The fraction of sp³-hybridized carbons (Fsp3) is 0.364. The Kier molecular flexibility index (Phi) is 4.37. The first-order chi connectivity index (χ1) is 8.61. The zero-order valence-electron chi connectivity index (χ0n) is 9.64.